The lowest BCUT2D eigenvalue weighted by molar-refractivity contribution is 0.186. The maximum Gasteiger partial charge on any atom is 0.0264 e. The zero-order valence-electron chi connectivity index (χ0n) is 10.7. The maximum absolute atomic E-state index is 3.67. The van der Waals surface area contributed by atoms with Crippen LogP contribution >= 0.6 is 15.9 Å². The first-order valence-electron chi connectivity index (χ1n) is 7.05. The number of halogens is 1. The molecular formula is C15H21BrN2. The predicted octanol–water partition coefficient (Wildman–Crippen LogP) is 3.17. The molecule has 2 aliphatic rings. The quantitative estimate of drug-likeness (QED) is 0.903. The Bertz CT molecular complexity index is 407. The lowest BCUT2D eigenvalue weighted by atomic mass is 10.0. The second-order valence-corrected chi connectivity index (χ2v) is 6.43. The Balaban J connectivity index is 1.73. The SMILES string of the molecule is Brc1cccc(CN2CCCCC3NCCC32)c1. The molecule has 0 spiro atoms. The number of benzene rings is 1. The molecule has 0 bridgehead atoms. The van der Waals surface area contributed by atoms with Gasteiger partial charge in [0, 0.05) is 23.1 Å². The van der Waals surface area contributed by atoms with Crippen LogP contribution < -0.4 is 5.32 Å². The van der Waals surface area contributed by atoms with Crippen molar-refractivity contribution in [1.29, 1.82) is 0 Å². The molecule has 18 heavy (non-hydrogen) atoms. The fourth-order valence-electron chi connectivity index (χ4n) is 3.40. The van der Waals surface area contributed by atoms with E-state index in [0.717, 1.165) is 18.6 Å². The van der Waals surface area contributed by atoms with Crippen LogP contribution in [0, 0.1) is 0 Å². The van der Waals surface area contributed by atoms with Gasteiger partial charge in [-0.2, -0.15) is 0 Å². The summed E-state index contributed by atoms with van der Waals surface area (Å²) < 4.78 is 1.19. The van der Waals surface area contributed by atoms with Gasteiger partial charge in [-0.1, -0.05) is 34.5 Å². The molecule has 2 nitrogen and oxygen atoms in total. The van der Waals surface area contributed by atoms with Crippen molar-refractivity contribution in [2.75, 3.05) is 13.1 Å². The standard InChI is InChI=1S/C15H21BrN2/c16-13-5-3-4-12(10-13)11-18-9-2-1-6-14-15(18)7-8-17-14/h3-5,10,14-15,17H,1-2,6-9,11H2. The first-order valence-corrected chi connectivity index (χ1v) is 7.84. The highest BCUT2D eigenvalue weighted by atomic mass is 79.9. The van der Waals surface area contributed by atoms with E-state index in [9.17, 15) is 0 Å². The van der Waals surface area contributed by atoms with E-state index in [0.29, 0.717) is 0 Å². The van der Waals surface area contributed by atoms with Crippen molar-refractivity contribution in [2.24, 2.45) is 0 Å². The highest BCUT2D eigenvalue weighted by molar-refractivity contribution is 9.10. The zero-order valence-corrected chi connectivity index (χ0v) is 12.3. The maximum atomic E-state index is 3.67. The van der Waals surface area contributed by atoms with Gasteiger partial charge in [-0.05, 0) is 50.0 Å². The molecule has 0 saturated carbocycles. The monoisotopic (exact) mass is 308 g/mol. The van der Waals surface area contributed by atoms with Crippen LogP contribution in [0.25, 0.3) is 0 Å². The van der Waals surface area contributed by atoms with Gasteiger partial charge in [0.2, 0.25) is 0 Å². The average Bonchev–Trinajstić information content (AvgIpc) is 2.74. The van der Waals surface area contributed by atoms with Crippen molar-refractivity contribution in [3.63, 3.8) is 0 Å². The van der Waals surface area contributed by atoms with Crippen molar-refractivity contribution in [2.45, 2.75) is 44.3 Å². The molecule has 2 heterocycles. The second-order valence-electron chi connectivity index (χ2n) is 5.51. The summed E-state index contributed by atoms with van der Waals surface area (Å²) in [6.45, 7) is 3.56. The summed E-state index contributed by atoms with van der Waals surface area (Å²) >= 11 is 3.57. The van der Waals surface area contributed by atoms with Crippen molar-refractivity contribution < 1.29 is 0 Å². The molecule has 3 rings (SSSR count). The van der Waals surface area contributed by atoms with E-state index in [-0.39, 0.29) is 0 Å². The smallest absolute Gasteiger partial charge is 0.0264 e. The summed E-state index contributed by atoms with van der Waals surface area (Å²) in [4.78, 5) is 2.69. The summed E-state index contributed by atoms with van der Waals surface area (Å²) in [6.07, 6.45) is 5.41. The van der Waals surface area contributed by atoms with E-state index >= 15 is 0 Å². The van der Waals surface area contributed by atoms with Gasteiger partial charge in [-0.25, -0.2) is 0 Å². The van der Waals surface area contributed by atoms with Gasteiger partial charge in [0.15, 0.2) is 0 Å². The number of likely N-dealkylation sites (tertiary alicyclic amines) is 1. The third-order valence-electron chi connectivity index (χ3n) is 4.27. The largest absolute Gasteiger partial charge is 0.312 e. The number of hydrogen-bond donors (Lipinski definition) is 1. The molecule has 1 aromatic rings. The van der Waals surface area contributed by atoms with Gasteiger partial charge in [0.25, 0.3) is 0 Å². The van der Waals surface area contributed by atoms with Crippen molar-refractivity contribution in [1.82, 2.24) is 10.2 Å². The molecule has 2 fully saturated rings. The molecule has 0 aliphatic carbocycles. The third kappa shape index (κ3) is 2.79. The Morgan fingerprint density at radius 2 is 2.22 bits per heavy atom. The lowest BCUT2D eigenvalue weighted by Crippen LogP contribution is -2.41. The van der Waals surface area contributed by atoms with Gasteiger partial charge < -0.3 is 5.32 Å². The van der Waals surface area contributed by atoms with Crippen LogP contribution in [0.15, 0.2) is 28.7 Å². The van der Waals surface area contributed by atoms with E-state index in [4.69, 9.17) is 0 Å². The summed E-state index contributed by atoms with van der Waals surface area (Å²) in [7, 11) is 0. The zero-order chi connectivity index (χ0) is 12.4. The normalized spacial score (nSPS) is 28.9. The van der Waals surface area contributed by atoms with Crippen LogP contribution in [0.1, 0.15) is 31.2 Å². The molecule has 2 aliphatic heterocycles. The molecule has 2 atom stereocenters. The Labute approximate surface area is 118 Å². The molecule has 0 radical (unpaired) electrons. The number of fused-ring (bicyclic) bond motifs is 1. The lowest BCUT2D eigenvalue weighted by Gasteiger charge is -2.30. The first-order chi connectivity index (χ1) is 8.83. The molecule has 0 aromatic heterocycles. The fraction of sp³-hybridized carbons (Fsp3) is 0.600. The van der Waals surface area contributed by atoms with Crippen molar-refractivity contribution in [3.8, 4) is 0 Å². The van der Waals surface area contributed by atoms with Crippen LogP contribution in [-0.2, 0) is 6.54 Å². The van der Waals surface area contributed by atoms with Crippen LogP contribution in [0.4, 0.5) is 0 Å². The first kappa shape index (κ1) is 12.6. The summed E-state index contributed by atoms with van der Waals surface area (Å²) in [6, 6.07) is 10.2. The molecule has 2 unspecified atom stereocenters. The molecule has 3 heteroatoms. The minimum atomic E-state index is 0.736. The molecular weight excluding hydrogens is 288 g/mol. The van der Waals surface area contributed by atoms with E-state index < -0.39 is 0 Å². The Hall–Kier alpha value is -0.380. The van der Waals surface area contributed by atoms with Gasteiger partial charge in [0.05, 0.1) is 0 Å². The third-order valence-corrected chi connectivity index (χ3v) is 4.76. The van der Waals surface area contributed by atoms with Gasteiger partial charge in [0.1, 0.15) is 0 Å². The van der Waals surface area contributed by atoms with Gasteiger partial charge in [-0.15, -0.1) is 0 Å². The Morgan fingerprint density at radius 1 is 1.28 bits per heavy atom. The molecule has 1 aromatic carbocycles. The summed E-state index contributed by atoms with van der Waals surface area (Å²) in [5, 5.41) is 3.67. The van der Waals surface area contributed by atoms with E-state index in [2.05, 4.69) is 50.4 Å². The highest BCUT2D eigenvalue weighted by Crippen LogP contribution is 2.25. The fourth-order valence-corrected chi connectivity index (χ4v) is 3.84. The Morgan fingerprint density at radius 3 is 3.11 bits per heavy atom. The van der Waals surface area contributed by atoms with Crippen molar-refractivity contribution in [3.05, 3.63) is 34.3 Å². The van der Waals surface area contributed by atoms with E-state index in [1.807, 2.05) is 0 Å². The summed E-state index contributed by atoms with van der Waals surface area (Å²) in [5.74, 6) is 0. The van der Waals surface area contributed by atoms with Crippen LogP contribution in [0.3, 0.4) is 0 Å². The minimum absolute atomic E-state index is 0.736. The molecule has 1 N–H and O–H groups in total. The van der Waals surface area contributed by atoms with Gasteiger partial charge >= 0.3 is 0 Å². The molecule has 2 saturated heterocycles. The second kappa shape index (κ2) is 5.72. The van der Waals surface area contributed by atoms with Gasteiger partial charge in [-0.3, -0.25) is 4.90 Å². The number of nitrogens with one attached hydrogen (secondary N) is 1. The topological polar surface area (TPSA) is 15.3 Å². The Kier molecular flexibility index (Phi) is 4.02. The molecule has 98 valence electrons. The highest BCUT2D eigenvalue weighted by Gasteiger charge is 2.32. The van der Waals surface area contributed by atoms with Crippen LogP contribution in [-0.4, -0.2) is 30.1 Å². The number of hydrogen-bond acceptors (Lipinski definition) is 2. The van der Waals surface area contributed by atoms with Crippen molar-refractivity contribution >= 4 is 15.9 Å². The predicted molar refractivity (Wildman–Crippen MR) is 78.6 cm³/mol. The molecule has 0 amide bonds. The van der Waals surface area contributed by atoms with E-state index in [1.54, 1.807) is 0 Å². The minimum Gasteiger partial charge on any atom is -0.312 e. The number of nitrogens with zero attached hydrogens (tertiary/aromatic N) is 1. The van der Waals surface area contributed by atoms with E-state index in [1.165, 1.54) is 48.8 Å². The average molecular weight is 309 g/mol. The summed E-state index contributed by atoms with van der Waals surface area (Å²) in [5.41, 5.74) is 1.43. The number of rotatable bonds is 2. The van der Waals surface area contributed by atoms with Crippen LogP contribution in [0.5, 0.6) is 0 Å². The van der Waals surface area contributed by atoms with Crippen LogP contribution in [0.2, 0.25) is 0 Å².